The van der Waals surface area contributed by atoms with E-state index in [4.69, 9.17) is 32.7 Å². The molecule has 6 heteroatoms. The number of hydrogen-bond donors (Lipinski definition) is 0. The lowest BCUT2D eigenvalue weighted by Crippen LogP contribution is -2.03. The van der Waals surface area contributed by atoms with Crippen LogP contribution in [0.25, 0.3) is 0 Å². The van der Waals surface area contributed by atoms with E-state index in [2.05, 4.69) is 0 Å². The molecule has 0 amide bonds. The number of carbonyl (C=O) groups excluding carboxylic acids is 1. The zero-order chi connectivity index (χ0) is 14.0. The Bertz CT molecular complexity index is 622. The minimum absolute atomic E-state index is 0.229. The molecule has 0 unspecified atom stereocenters. The minimum Gasteiger partial charge on any atom is -0.497 e. The van der Waals surface area contributed by atoms with Gasteiger partial charge < -0.3 is 9.47 Å². The van der Waals surface area contributed by atoms with Crippen LogP contribution in [0.2, 0.25) is 8.67 Å². The van der Waals surface area contributed by atoms with Crippen LogP contribution in [0.3, 0.4) is 0 Å². The third-order valence-corrected chi connectivity index (χ3v) is 4.04. The zero-order valence-corrected chi connectivity index (χ0v) is 12.5. The smallest absolute Gasteiger partial charge is 0.199 e. The van der Waals surface area contributed by atoms with Gasteiger partial charge in [0.25, 0.3) is 0 Å². The molecular formula is C13H10Cl2O3S. The van der Waals surface area contributed by atoms with E-state index in [1.165, 1.54) is 7.11 Å². The Hall–Kier alpha value is -1.23. The average molecular weight is 317 g/mol. The number of carbonyl (C=O) groups is 1. The molecule has 19 heavy (non-hydrogen) atoms. The van der Waals surface area contributed by atoms with E-state index in [-0.39, 0.29) is 5.78 Å². The predicted octanol–water partition coefficient (Wildman–Crippen LogP) is 4.30. The van der Waals surface area contributed by atoms with Crippen molar-refractivity contribution in [3.05, 3.63) is 44.1 Å². The molecule has 0 spiro atoms. The number of rotatable bonds is 4. The van der Waals surface area contributed by atoms with Gasteiger partial charge in [0.1, 0.15) is 15.8 Å². The molecular weight excluding hydrogens is 307 g/mol. The molecule has 0 bridgehead atoms. The van der Waals surface area contributed by atoms with Gasteiger partial charge in [-0.15, -0.1) is 11.3 Å². The van der Waals surface area contributed by atoms with E-state index >= 15 is 0 Å². The molecule has 1 heterocycles. The normalized spacial score (nSPS) is 10.3. The maximum atomic E-state index is 12.4. The fourth-order valence-corrected chi connectivity index (χ4v) is 3.08. The van der Waals surface area contributed by atoms with Crippen molar-refractivity contribution in [1.29, 1.82) is 0 Å². The van der Waals surface area contributed by atoms with Crippen molar-refractivity contribution in [1.82, 2.24) is 0 Å². The van der Waals surface area contributed by atoms with Crippen LogP contribution in [-0.2, 0) is 0 Å². The molecule has 0 aliphatic carbocycles. The Labute approximate surface area is 124 Å². The molecule has 2 rings (SSSR count). The molecule has 100 valence electrons. The second kappa shape index (κ2) is 5.82. The Kier molecular flexibility index (Phi) is 4.34. The summed E-state index contributed by atoms with van der Waals surface area (Å²) in [5, 5.41) is 0. The highest BCUT2D eigenvalue weighted by molar-refractivity contribution is 7.20. The highest BCUT2D eigenvalue weighted by atomic mass is 35.5. The van der Waals surface area contributed by atoms with Crippen molar-refractivity contribution in [2.24, 2.45) is 0 Å². The summed E-state index contributed by atoms with van der Waals surface area (Å²) < 4.78 is 11.1. The van der Waals surface area contributed by atoms with E-state index in [0.717, 1.165) is 11.3 Å². The maximum absolute atomic E-state index is 12.4. The standard InChI is InChI=1S/C13H10Cl2O3S/c1-17-7-3-4-8(10(5-7)18-2)12(16)9-6-11(14)19-13(9)15/h3-6H,1-2H3. The van der Waals surface area contributed by atoms with Crippen LogP contribution in [0.4, 0.5) is 0 Å². The highest BCUT2D eigenvalue weighted by Gasteiger charge is 2.20. The second-order valence-corrected chi connectivity index (χ2v) is 5.92. The van der Waals surface area contributed by atoms with E-state index in [1.54, 1.807) is 31.4 Å². The summed E-state index contributed by atoms with van der Waals surface area (Å²) in [6.07, 6.45) is 0. The fraction of sp³-hybridized carbons (Fsp3) is 0.154. The largest absolute Gasteiger partial charge is 0.497 e. The summed E-state index contributed by atoms with van der Waals surface area (Å²) in [4.78, 5) is 12.4. The number of ether oxygens (including phenoxy) is 2. The Morgan fingerprint density at radius 1 is 1.11 bits per heavy atom. The number of thiophene rings is 1. The number of hydrogen-bond acceptors (Lipinski definition) is 4. The van der Waals surface area contributed by atoms with Gasteiger partial charge in [0.05, 0.1) is 29.7 Å². The predicted molar refractivity (Wildman–Crippen MR) is 77.3 cm³/mol. The van der Waals surface area contributed by atoms with E-state index in [1.807, 2.05) is 0 Å². The molecule has 1 aromatic heterocycles. The van der Waals surface area contributed by atoms with Crippen LogP contribution in [0, 0.1) is 0 Å². The van der Waals surface area contributed by atoms with E-state index < -0.39 is 0 Å². The van der Waals surface area contributed by atoms with Gasteiger partial charge in [-0.1, -0.05) is 23.2 Å². The molecule has 0 saturated heterocycles. The van der Waals surface area contributed by atoms with Crippen LogP contribution >= 0.6 is 34.5 Å². The summed E-state index contributed by atoms with van der Waals surface area (Å²) >= 11 is 13.0. The van der Waals surface area contributed by atoms with Crippen LogP contribution < -0.4 is 9.47 Å². The first-order valence-electron chi connectivity index (χ1n) is 5.28. The van der Waals surface area contributed by atoms with Gasteiger partial charge in [0.15, 0.2) is 5.78 Å². The topological polar surface area (TPSA) is 35.5 Å². The van der Waals surface area contributed by atoms with E-state index in [0.29, 0.717) is 31.3 Å². The lowest BCUT2D eigenvalue weighted by molar-refractivity contribution is 0.103. The van der Waals surface area contributed by atoms with Crippen LogP contribution in [0.5, 0.6) is 11.5 Å². The molecule has 3 nitrogen and oxygen atoms in total. The maximum Gasteiger partial charge on any atom is 0.199 e. The first-order chi connectivity index (χ1) is 9.06. The minimum atomic E-state index is -0.229. The molecule has 0 fully saturated rings. The molecule has 0 atom stereocenters. The zero-order valence-electron chi connectivity index (χ0n) is 10.2. The first kappa shape index (κ1) is 14.2. The third kappa shape index (κ3) is 2.86. The van der Waals surface area contributed by atoms with Gasteiger partial charge >= 0.3 is 0 Å². The van der Waals surface area contributed by atoms with Gasteiger partial charge in [-0.05, 0) is 18.2 Å². The van der Waals surface area contributed by atoms with Crippen molar-refractivity contribution in [2.45, 2.75) is 0 Å². The lowest BCUT2D eigenvalue weighted by atomic mass is 10.0. The molecule has 1 aromatic carbocycles. The number of methoxy groups -OCH3 is 2. The van der Waals surface area contributed by atoms with Crippen LogP contribution in [0.15, 0.2) is 24.3 Å². The summed E-state index contributed by atoms with van der Waals surface area (Å²) in [5.74, 6) is 0.818. The summed E-state index contributed by atoms with van der Waals surface area (Å²) in [6.45, 7) is 0. The molecule has 0 N–H and O–H groups in total. The van der Waals surface area contributed by atoms with Gasteiger partial charge in [-0.2, -0.15) is 0 Å². The summed E-state index contributed by atoms with van der Waals surface area (Å²) in [7, 11) is 3.04. The van der Waals surface area contributed by atoms with Crippen molar-refractivity contribution in [3.63, 3.8) is 0 Å². The summed E-state index contributed by atoms with van der Waals surface area (Å²) in [6, 6.07) is 6.54. The number of ketones is 1. The van der Waals surface area contributed by atoms with Gasteiger partial charge in [0.2, 0.25) is 0 Å². The van der Waals surface area contributed by atoms with Gasteiger partial charge in [0, 0.05) is 6.07 Å². The van der Waals surface area contributed by atoms with Crippen LogP contribution in [-0.4, -0.2) is 20.0 Å². The summed E-state index contributed by atoms with van der Waals surface area (Å²) in [5.41, 5.74) is 0.791. The Balaban J connectivity index is 2.46. The fourth-order valence-electron chi connectivity index (χ4n) is 1.63. The van der Waals surface area contributed by atoms with Crippen molar-refractivity contribution in [2.75, 3.05) is 14.2 Å². The molecule has 0 radical (unpaired) electrons. The third-order valence-electron chi connectivity index (χ3n) is 2.55. The molecule has 0 saturated carbocycles. The number of benzene rings is 1. The first-order valence-corrected chi connectivity index (χ1v) is 6.85. The molecule has 0 aliphatic heterocycles. The monoisotopic (exact) mass is 316 g/mol. The Morgan fingerprint density at radius 3 is 2.37 bits per heavy atom. The van der Waals surface area contributed by atoms with Gasteiger partial charge in [-0.3, -0.25) is 4.79 Å². The van der Waals surface area contributed by atoms with Crippen LogP contribution in [0.1, 0.15) is 15.9 Å². The van der Waals surface area contributed by atoms with Crippen molar-refractivity contribution < 1.29 is 14.3 Å². The van der Waals surface area contributed by atoms with Crippen molar-refractivity contribution in [3.8, 4) is 11.5 Å². The van der Waals surface area contributed by atoms with Gasteiger partial charge in [-0.25, -0.2) is 0 Å². The Morgan fingerprint density at radius 2 is 1.84 bits per heavy atom. The molecule has 0 aliphatic rings. The number of halogens is 2. The van der Waals surface area contributed by atoms with E-state index in [9.17, 15) is 4.79 Å². The molecule has 2 aromatic rings. The highest BCUT2D eigenvalue weighted by Crippen LogP contribution is 2.35. The second-order valence-electron chi connectivity index (χ2n) is 3.63. The quantitative estimate of drug-likeness (QED) is 0.789. The lowest BCUT2D eigenvalue weighted by Gasteiger charge is -2.09. The average Bonchev–Trinajstić information content (AvgIpc) is 2.76. The SMILES string of the molecule is COc1ccc(C(=O)c2cc(Cl)sc2Cl)c(OC)c1. The van der Waals surface area contributed by atoms with Crippen molar-refractivity contribution >= 4 is 40.3 Å².